The van der Waals surface area contributed by atoms with Crippen LogP contribution in [0.15, 0.2) is 45.9 Å². The molecule has 0 unspecified atom stereocenters. The number of benzene rings is 1. The van der Waals surface area contributed by atoms with Gasteiger partial charge in [-0.3, -0.25) is 20.4 Å². The molecule has 2 heterocycles. The first-order valence-corrected chi connectivity index (χ1v) is 6.80. The van der Waals surface area contributed by atoms with Crippen molar-refractivity contribution >= 4 is 23.8 Å². The topological polar surface area (TPSA) is 96.2 Å². The van der Waals surface area contributed by atoms with Crippen molar-refractivity contribution in [2.24, 2.45) is 5.10 Å². The molecule has 1 fully saturated rings. The molecular weight excluding hydrogens is 300 g/mol. The van der Waals surface area contributed by atoms with Gasteiger partial charge in [-0.2, -0.15) is 5.10 Å². The minimum absolute atomic E-state index is 0.0864. The van der Waals surface area contributed by atoms with Gasteiger partial charge in [-0.05, 0) is 36.4 Å². The fourth-order valence-corrected chi connectivity index (χ4v) is 2.05. The standard InChI is InChI=1S/C15H14N4O4/c1-22-18-11-4-2-10(3-5-11)13-7-6-12(23-13)8-16-19-9-14(20)17-15(19)21/h2-8,18H,9H2,1H3,(H,17,20,21)/b16-8+. The largest absolute Gasteiger partial charge is 0.455 e. The van der Waals surface area contributed by atoms with Crippen molar-refractivity contribution in [3.8, 4) is 11.3 Å². The summed E-state index contributed by atoms with van der Waals surface area (Å²) >= 11 is 0. The molecule has 0 atom stereocenters. The Kier molecular flexibility index (Phi) is 4.07. The third kappa shape index (κ3) is 3.38. The van der Waals surface area contributed by atoms with Gasteiger partial charge in [0.15, 0.2) is 0 Å². The minimum Gasteiger partial charge on any atom is -0.455 e. The minimum atomic E-state index is -0.542. The van der Waals surface area contributed by atoms with E-state index in [0.717, 1.165) is 16.3 Å². The fraction of sp³-hybridized carbons (Fsp3) is 0.133. The monoisotopic (exact) mass is 314 g/mol. The molecule has 3 rings (SSSR count). The van der Waals surface area contributed by atoms with Gasteiger partial charge in [-0.15, -0.1) is 0 Å². The number of carbonyl (C=O) groups is 2. The molecule has 1 aliphatic rings. The first-order valence-electron chi connectivity index (χ1n) is 6.80. The van der Waals surface area contributed by atoms with E-state index in [2.05, 4.69) is 15.9 Å². The Morgan fingerprint density at radius 3 is 2.70 bits per heavy atom. The molecule has 1 aromatic carbocycles. The predicted molar refractivity (Wildman–Crippen MR) is 82.6 cm³/mol. The molecule has 2 aromatic rings. The normalized spacial score (nSPS) is 14.6. The van der Waals surface area contributed by atoms with E-state index in [1.54, 1.807) is 19.2 Å². The number of nitrogens with zero attached hydrogens (tertiary/aromatic N) is 2. The maximum atomic E-state index is 11.4. The molecule has 0 bridgehead atoms. The number of hydrogen-bond donors (Lipinski definition) is 2. The third-order valence-electron chi connectivity index (χ3n) is 3.11. The van der Waals surface area contributed by atoms with Gasteiger partial charge < -0.3 is 4.42 Å². The van der Waals surface area contributed by atoms with Crippen LogP contribution in [-0.2, 0) is 9.63 Å². The number of rotatable bonds is 5. The van der Waals surface area contributed by atoms with Crippen LogP contribution in [0, 0.1) is 0 Å². The maximum Gasteiger partial charge on any atom is 0.344 e. The zero-order valence-electron chi connectivity index (χ0n) is 12.3. The van der Waals surface area contributed by atoms with Gasteiger partial charge >= 0.3 is 6.03 Å². The smallest absolute Gasteiger partial charge is 0.344 e. The van der Waals surface area contributed by atoms with Crippen LogP contribution in [0.4, 0.5) is 10.5 Å². The molecule has 0 aliphatic carbocycles. The highest BCUT2D eigenvalue weighted by atomic mass is 16.6. The third-order valence-corrected chi connectivity index (χ3v) is 3.11. The van der Waals surface area contributed by atoms with Crippen molar-refractivity contribution in [1.29, 1.82) is 0 Å². The molecule has 8 nitrogen and oxygen atoms in total. The SMILES string of the molecule is CONc1ccc(-c2ccc(/C=N/N3CC(=O)NC3=O)o2)cc1. The molecule has 118 valence electrons. The zero-order chi connectivity index (χ0) is 16.2. The van der Waals surface area contributed by atoms with Crippen LogP contribution in [0.25, 0.3) is 11.3 Å². The molecule has 0 spiro atoms. The second kappa shape index (κ2) is 6.32. The quantitative estimate of drug-likeness (QED) is 0.498. The molecule has 3 amide bonds. The Balaban J connectivity index is 1.70. The Bertz CT molecular complexity index is 751. The highest BCUT2D eigenvalue weighted by Gasteiger charge is 2.25. The van der Waals surface area contributed by atoms with Crippen molar-refractivity contribution < 1.29 is 18.8 Å². The number of hydrazone groups is 1. The lowest BCUT2D eigenvalue weighted by molar-refractivity contribution is -0.118. The van der Waals surface area contributed by atoms with E-state index in [4.69, 9.17) is 9.25 Å². The highest BCUT2D eigenvalue weighted by molar-refractivity contribution is 6.02. The number of anilines is 1. The van der Waals surface area contributed by atoms with E-state index in [1.807, 2.05) is 24.3 Å². The fourth-order valence-electron chi connectivity index (χ4n) is 2.05. The summed E-state index contributed by atoms with van der Waals surface area (Å²) in [5.41, 5.74) is 4.45. The Labute approximate surface area is 131 Å². The van der Waals surface area contributed by atoms with Gasteiger partial charge in [-0.25, -0.2) is 9.80 Å². The van der Waals surface area contributed by atoms with Gasteiger partial charge in [0.2, 0.25) is 5.91 Å². The molecular formula is C15H14N4O4. The zero-order valence-corrected chi connectivity index (χ0v) is 12.3. The van der Waals surface area contributed by atoms with Gasteiger partial charge in [0, 0.05) is 5.56 Å². The summed E-state index contributed by atoms with van der Waals surface area (Å²) < 4.78 is 5.65. The maximum absolute atomic E-state index is 11.4. The van der Waals surface area contributed by atoms with Gasteiger partial charge in [0.05, 0.1) is 19.0 Å². The van der Waals surface area contributed by atoms with Gasteiger partial charge in [-0.1, -0.05) is 0 Å². The van der Waals surface area contributed by atoms with Crippen molar-refractivity contribution in [2.45, 2.75) is 0 Å². The summed E-state index contributed by atoms with van der Waals surface area (Å²) in [6.07, 6.45) is 1.39. The van der Waals surface area contributed by atoms with E-state index in [9.17, 15) is 9.59 Å². The van der Waals surface area contributed by atoms with Crippen LogP contribution < -0.4 is 10.8 Å². The Hall–Kier alpha value is -3.13. The van der Waals surface area contributed by atoms with Gasteiger partial charge in [0.1, 0.15) is 18.1 Å². The number of furan rings is 1. The molecule has 0 saturated carbocycles. The second-order valence-corrected chi connectivity index (χ2v) is 4.74. The first kappa shape index (κ1) is 14.8. The molecule has 2 N–H and O–H groups in total. The lowest BCUT2D eigenvalue weighted by Gasteiger charge is -2.03. The summed E-state index contributed by atoms with van der Waals surface area (Å²) in [7, 11) is 1.54. The van der Waals surface area contributed by atoms with E-state index in [1.165, 1.54) is 6.21 Å². The first-order chi connectivity index (χ1) is 11.2. The molecule has 1 aliphatic heterocycles. The lowest BCUT2D eigenvalue weighted by Crippen LogP contribution is -2.24. The highest BCUT2D eigenvalue weighted by Crippen LogP contribution is 2.23. The van der Waals surface area contributed by atoms with Crippen molar-refractivity contribution in [3.63, 3.8) is 0 Å². The summed E-state index contributed by atoms with van der Waals surface area (Å²) in [5, 5.41) is 7.10. The lowest BCUT2D eigenvalue weighted by atomic mass is 10.1. The van der Waals surface area contributed by atoms with E-state index in [0.29, 0.717) is 11.5 Å². The Morgan fingerprint density at radius 1 is 1.26 bits per heavy atom. The summed E-state index contributed by atoms with van der Waals surface area (Å²) in [6, 6.07) is 10.5. The Morgan fingerprint density at radius 2 is 2.04 bits per heavy atom. The van der Waals surface area contributed by atoms with Crippen molar-refractivity contribution in [1.82, 2.24) is 10.3 Å². The molecule has 23 heavy (non-hydrogen) atoms. The van der Waals surface area contributed by atoms with Crippen LogP contribution in [0.2, 0.25) is 0 Å². The van der Waals surface area contributed by atoms with Crippen molar-refractivity contribution in [2.75, 3.05) is 19.1 Å². The van der Waals surface area contributed by atoms with E-state index in [-0.39, 0.29) is 12.5 Å². The molecule has 8 heteroatoms. The number of urea groups is 1. The van der Waals surface area contributed by atoms with Gasteiger partial charge in [0.25, 0.3) is 0 Å². The van der Waals surface area contributed by atoms with Crippen LogP contribution >= 0.6 is 0 Å². The molecule has 1 saturated heterocycles. The van der Waals surface area contributed by atoms with Crippen LogP contribution in [0.5, 0.6) is 0 Å². The number of hydrogen-bond acceptors (Lipinski definition) is 6. The van der Waals surface area contributed by atoms with Crippen LogP contribution in [-0.4, -0.2) is 36.8 Å². The number of amides is 3. The number of imide groups is 1. The molecule has 1 aromatic heterocycles. The number of nitrogens with one attached hydrogen (secondary N) is 2. The van der Waals surface area contributed by atoms with Crippen LogP contribution in [0.1, 0.15) is 5.76 Å². The molecule has 0 radical (unpaired) electrons. The number of carbonyl (C=O) groups excluding carboxylic acids is 2. The average molecular weight is 314 g/mol. The average Bonchev–Trinajstić information content (AvgIpc) is 3.13. The van der Waals surface area contributed by atoms with Crippen LogP contribution in [0.3, 0.4) is 0 Å². The van der Waals surface area contributed by atoms with E-state index < -0.39 is 6.03 Å². The summed E-state index contributed by atoms with van der Waals surface area (Å²) in [5.74, 6) is 0.764. The van der Waals surface area contributed by atoms with E-state index >= 15 is 0 Å². The second-order valence-electron chi connectivity index (χ2n) is 4.74. The van der Waals surface area contributed by atoms with Crippen molar-refractivity contribution in [3.05, 3.63) is 42.2 Å². The summed E-state index contributed by atoms with van der Waals surface area (Å²) in [6.45, 7) is -0.0864. The summed E-state index contributed by atoms with van der Waals surface area (Å²) in [4.78, 5) is 27.2. The predicted octanol–water partition coefficient (Wildman–Crippen LogP) is 1.81.